The van der Waals surface area contributed by atoms with Crippen molar-refractivity contribution in [1.29, 1.82) is 0 Å². The van der Waals surface area contributed by atoms with Gasteiger partial charge in [-0.05, 0) is 42.8 Å². The van der Waals surface area contributed by atoms with Crippen LogP contribution in [0.4, 0.5) is 0 Å². The Kier molecular flexibility index (Phi) is 5.44. The fraction of sp³-hybridized carbons (Fsp3) is 0.217. The maximum absolute atomic E-state index is 12.6. The molecule has 6 nitrogen and oxygen atoms in total. The Hall–Kier alpha value is -3.38. The van der Waals surface area contributed by atoms with E-state index in [4.69, 9.17) is 18.6 Å². The van der Waals surface area contributed by atoms with Gasteiger partial charge in [-0.25, -0.2) is 9.78 Å². The molecule has 1 aromatic carbocycles. The molecule has 3 heterocycles. The molecule has 0 bridgehead atoms. The van der Waals surface area contributed by atoms with Gasteiger partial charge in [-0.15, -0.1) is 0 Å². The highest BCUT2D eigenvalue weighted by Crippen LogP contribution is 2.23. The van der Waals surface area contributed by atoms with Crippen LogP contribution in [0, 0.1) is 6.92 Å². The molecule has 3 aromatic heterocycles. The van der Waals surface area contributed by atoms with Crippen molar-refractivity contribution in [2.45, 2.75) is 26.6 Å². The Morgan fingerprint density at radius 1 is 0.966 bits per heavy atom. The smallest absolute Gasteiger partial charge is 0.340 e. The predicted octanol–water partition coefficient (Wildman–Crippen LogP) is 3.30. The molecule has 0 spiro atoms. The fourth-order valence-corrected chi connectivity index (χ4v) is 3.68. The molecule has 4 aromatic rings. The van der Waals surface area contributed by atoms with Gasteiger partial charge in [0, 0.05) is 5.39 Å². The number of rotatable bonds is 7. The summed E-state index contributed by atoms with van der Waals surface area (Å²) in [6.07, 6.45) is 3.33. The molecule has 0 radical (unpaired) electrons. The highest BCUT2D eigenvalue weighted by Gasteiger charge is 2.24. The minimum absolute atomic E-state index is 0.369. The van der Waals surface area contributed by atoms with Crippen LogP contribution in [0.25, 0.3) is 10.9 Å². The number of carbonyl (C=O) groups is 1. The molecule has 0 unspecified atom stereocenters. The number of hydrogen-bond acceptors (Lipinski definition) is 5. The first-order valence-corrected chi connectivity index (χ1v) is 9.50. The third-order valence-corrected chi connectivity index (χ3v) is 5.04. The van der Waals surface area contributed by atoms with E-state index in [1.165, 1.54) is 7.11 Å². The normalized spacial score (nSPS) is 11.3. The molecule has 0 fully saturated rings. The first-order chi connectivity index (χ1) is 14.2. The van der Waals surface area contributed by atoms with Crippen LogP contribution in [0.2, 0.25) is 0 Å². The first-order valence-electron chi connectivity index (χ1n) is 9.50. The number of furan rings is 2. The molecule has 0 saturated carbocycles. The van der Waals surface area contributed by atoms with Gasteiger partial charge in [-0.2, -0.15) is 0 Å². The highest BCUT2D eigenvalue weighted by molar-refractivity contribution is 5.98. The third-order valence-electron chi connectivity index (χ3n) is 5.04. The lowest BCUT2D eigenvalue weighted by atomic mass is 10.0. The number of hydrogen-bond donors (Lipinski definition) is 1. The molecule has 1 N–H and O–H groups in total. The molecule has 29 heavy (non-hydrogen) atoms. The van der Waals surface area contributed by atoms with E-state index >= 15 is 0 Å². The van der Waals surface area contributed by atoms with Crippen LogP contribution in [0.1, 0.15) is 33.1 Å². The molecule has 6 heteroatoms. The monoisotopic (exact) mass is 391 g/mol. The second-order valence-corrected chi connectivity index (χ2v) is 7.01. The van der Waals surface area contributed by atoms with E-state index in [0.29, 0.717) is 30.9 Å². The Morgan fingerprint density at radius 2 is 1.62 bits per heavy atom. The third kappa shape index (κ3) is 4.07. The van der Waals surface area contributed by atoms with E-state index in [1.807, 2.05) is 55.5 Å². The molecule has 0 saturated heterocycles. The van der Waals surface area contributed by atoms with Gasteiger partial charge in [0.25, 0.3) is 0 Å². The zero-order valence-corrected chi connectivity index (χ0v) is 16.5. The number of para-hydroxylation sites is 1. The van der Waals surface area contributed by atoms with Crippen molar-refractivity contribution in [3.8, 4) is 0 Å². The molecular formula is C23H23N2O4+. The Labute approximate surface area is 168 Å². The first kappa shape index (κ1) is 19.0. The van der Waals surface area contributed by atoms with Gasteiger partial charge in [0.1, 0.15) is 25.3 Å². The number of aryl methyl sites for hydroxylation is 1. The summed E-state index contributed by atoms with van der Waals surface area (Å²) < 4.78 is 16.2. The van der Waals surface area contributed by atoms with Crippen molar-refractivity contribution in [2.75, 3.05) is 7.11 Å². The highest BCUT2D eigenvalue weighted by atomic mass is 16.5. The van der Waals surface area contributed by atoms with Gasteiger partial charge in [0.15, 0.2) is 11.5 Å². The number of nitrogens with one attached hydrogen (secondary N) is 1. The van der Waals surface area contributed by atoms with Gasteiger partial charge >= 0.3 is 5.97 Å². The van der Waals surface area contributed by atoms with Crippen molar-refractivity contribution in [1.82, 2.24) is 4.98 Å². The zero-order valence-electron chi connectivity index (χ0n) is 16.5. The topological polar surface area (TPSA) is 69.9 Å². The fourth-order valence-electron chi connectivity index (χ4n) is 3.68. The van der Waals surface area contributed by atoms with Gasteiger partial charge in [-0.3, -0.25) is 0 Å². The standard InChI is InChI=1S/C23H22N2O4/c1-16-19-9-3-4-10-20(19)24-21(22(16)23(26)27-2)15-25(13-17-7-5-11-28-17)14-18-8-6-12-29-18/h3-12H,13-15H2,1-2H3/p+1. The molecule has 0 atom stereocenters. The molecule has 4 rings (SSSR count). The number of ether oxygens (including phenoxy) is 1. The van der Waals surface area contributed by atoms with E-state index < -0.39 is 0 Å². The van der Waals surface area contributed by atoms with Crippen LogP contribution in [0.15, 0.2) is 69.9 Å². The van der Waals surface area contributed by atoms with Crippen LogP contribution >= 0.6 is 0 Å². The number of benzene rings is 1. The molecule has 148 valence electrons. The van der Waals surface area contributed by atoms with Crippen molar-refractivity contribution in [3.05, 3.63) is 89.4 Å². The number of carbonyl (C=O) groups excluding carboxylic acids is 1. The van der Waals surface area contributed by atoms with Crippen LogP contribution < -0.4 is 4.90 Å². The lowest BCUT2D eigenvalue weighted by molar-refractivity contribution is -0.943. The average Bonchev–Trinajstić information content (AvgIpc) is 3.42. The van der Waals surface area contributed by atoms with E-state index in [2.05, 4.69) is 0 Å². The molecule has 0 amide bonds. The summed E-state index contributed by atoms with van der Waals surface area (Å²) in [4.78, 5) is 18.6. The summed E-state index contributed by atoms with van der Waals surface area (Å²) in [6, 6.07) is 15.5. The second kappa shape index (κ2) is 8.32. The van der Waals surface area contributed by atoms with Crippen molar-refractivity contribution in [2.24, 2.45) is 0 Å². The minimum Gasteiger partial charge on any atom is -0.465 e. The second-order valence-electron chi connectivity index (χ2n) is 7.01. The van der Waals surface area contributed by atoms with Gasteiger partial charge in [0.2, 0.25) is 0 Å². The number of esters is 1. The van der Waals surface area contributed by atoms with Crippen LogP contribution in [-0.4, -0.2) is 18.1 Å². The molecule has 0 aliphatic carbocycles. The summed E-state index contributed by atoms with van der Waals surface area (Å²) in [5, 5.41) is 0.954. The van der Waals surface area contributed by atoms with E-state index in [9.17, 15) is 4.79 Å². The number of quaternary nitrogens is 1. The molecule has 0 aliphatic rings. The van der Waals surface area contributed by atoms with Gasteiger partial charge in [-0.1, -0.05) is 18.2 Å². The Bertz CT molecular complexity index is 1070. The molecular weight excluding hydrogens is 368 g/mol. The molecule has 0 aliphatic heterocycles. The van der Waals surface area contributed by atoms with E-state index in [-0.39, 0.29) is 5.97 Å². The van der Waals surface area contributed by atoms with Crippen LogP contribution in [0.3, 0.4) is 0 Å². The minimum atomic E-state index is -0.369. The quantitative estimate of drug-likeness (QED) is 0.490. The van der Waals surface area contributed by atoms with Crippen molar-refractivity contribution < 1.29 is 23.3 Å². The van der Waals surface area contributed by atoms with E-state index in [1.54, 1.807) is 12.5 Å². The number of fused-ring (bicyclic) bond motifs is 1. The van der Waals surface area contributed by atoms with Crippen LogP contribution in [-0.2, 0) is 24.4 Å². The maximum Gasteiger partial charge on any atom is 0.340 e. The van der Waals surface area contributed by atoms with E-state index in [0.717, 1.165) is 32.9 Å². The summed E-state index contributed by atoms with van der Waals surface area (Å²) in [7, 11) is 1.40. The summed E-state index contributed by atoms with van der Waals surface area (Å²) in [6.45, 7) is 3.75. The SMILES string of the molecule is COC(=O)c1c(C[NH+](Cc2ccco2)Cc2ccco2)nc2ccccc2c1C. The number of aromatic nitrogens is 1. The Morgan fingerprint density at radius 3 is 2.21 bits per heavy atom. The average molecular weight is 391 g/mol. The van der Waals surface area contributed by atoms with Gasteiger partial charge < -0.3 is 18.5 Å². The lowest BCUT2D eigenvalue weighted by Crippen LogP contribution is -3.08. The number of pyridine rings is 1. The number of methoxy groups -OCH3 is 1. The van der Waals surface area contributed by atoms with Crippen molar-refractivity contribution in [3.63, 3.8) is 0 Å². The Balaban J connectivity index is 1.74. The predicted molar refractivity (Wildman–Crippen MR) is 107 cm³/mol. The number of nitrogens with zero attached hydrogens (tertiary/aromatic N) is 1. The largest absolute Gasteiger partial charge is 0.465 e. The van der Waals surface area contributed by atoms with Crippen LogP contribution in [0.5, 0.6) is 0 Å². The summed E-state index contributed by atoms with van der Waals surface area (Å²) in [5.41, 5.74) is 2.99. The van der Waals surface area contributed by atoms with Crippen molar-refractivity contribution >= 4 is 16.9 Å². The zero-order chi connectivity index (χ0) is 20.2. The lowest BCUT2D eigenvalue weighted by Gasteiger charge is -2.20. The maximum atomic E-state index is 12.6. The summed E-state index contributed by atoms with van der Waals surface area (Å²) in [5.74, 6) is 1.36. The summed E-state index contributed by atoms with van der Waals surface area (Å²) >= 11 is 0. The van der Waals surface area contributed by atoms with Gasteiger partial charge in [0.05, 0.1) is 30.7 Å².